The molecule has 0 radical (unpaired) electrons. The van der Waals surface area contributed by atoms with Crippen molar-refractivity contribution in [3.8, 4) is 22.0 Å². The van der Waals surface area contributed by atoms with Crippen molar-refractivity contribution in [3.05, 3.63) is 59.4 Å². The molecule has 0 amide bonds. The molecule has 0 saturated carbocycles. The highest BCUT2D eigenvalue weighted by atomic mass is 32.1. The average molecular weight is 285 g/mol. The van der Waals surface area contributed by atoms with Gasteiger partial charge in [-0.15, -0.1) is 11.3 Å². The second-order valence-electron chi connectivity index (χ2n) is 4.30. The Morgan fingerprint density at radius 1 is 1.15 bits per heavy atom. The molecule has 0 atom stereocenters. The molecule has 0 aliphatic carbocycles. The lowest BCUT2D eigenvalue weighted by molar-refractivity contribution is 0.622. The number of pyridine rings is 1. The number of aromatic nitrogens is 2. The van der Waals surface area contributed by atoms with Crippen molar-refractivity contribution in [3.63, 3.8) is 0 Å². The first-order chi connectivity index (χ1) is 9.76. The van der Waals surface area contributed by atoms with Crippen molar-refractivity contribution in [2.24, 2.45) is 5.73 Å². The number of halogens is 1. The molecule has 0 aliphatic heterocycles. The van der Waals surface area contributed by atoms with Gasteiger partial charge in [0.25, 0.3) is 0 Å². The molecule has 0 saturated heterocycles. The van der Waals surface area contributed by atoms with E-state index >= 15 is 0 Å². The van der Waals surface area contributed by atoms with E-state index < -0.39 is 0 Å². The Morgan fingerprint density at radius 3 is 2.80 bits per heavy atom. The predicted octanol–water partition coefficient (Wildman–Crippen LogP) is 3.47. The molecule has 0 bridgehead atoms. The zero-order valence-corrected chi connectivity index (χ0v) is 11.4. The van der Waals surface area contributed by atoms with Crippen LogP contribution in [0.25, 0.3) is 22.0 Å². The van der Waals surface area contributed by atoms with Crippen LogP contribution in [-0.2, 0) is 6.54 Å². The van der Waals surface area contributed by atoms with Gasteiger partial charge in [0.05, 0.1) is 11.9 Å². The van der Waals surface area contributed by atoms with E-state index in [1.807, 2.05) is 29.6 Å². The summed E-state index contributed by atoms with van der Waals surface area (Å²) in [6.07, 6.45) is 1.20. The number of thiazole rings is 1. The predicted molar refractivity (Wildman–Crippen MR) is 78.6 cm³/mol. The van der Waals surface area contributed by atoms with Gasteiger partial charge < -0.3 is 5.73 Å². The molecule has 20 heavy (non-hydrogen) atoms. The summed E-state index contributed by atoms with van der Waals surface area (Å²) in [4.78, 5) is 8.59. The van der Waals surface area contributed by atoms with Crippen molar-refractivity contribution in [2.45, 2.75) is 6.54 Å². The zero-order valence-electron chi connectivity index (χ0n) is 10.6. The van der Waals surface area contributed by atoms with Crippen LogP contribution in [0.5, 0.6) is 0 Å². The van der Waals surface area contributed by atoms with Crippen LogP contribution >= 0.6 is 11.3 Å². The quantitative estimate of drug-likeness (QED) is 0.801. The van der Waals surface area contributed by atoms with Gasteiger partial charge in [0.15, 0.2) is 0 Å². The topological polar surface area (TPSA) is 51.8 Å². The Labute approximate surface area is 119 Å². The van der Waals surface area contributed by atoms with Crippen LogP contribution in [0.15, 0.2) is 48.0 Å². The molecule has 2 aromatic heterocycles. The molecule has 100 valence electrons. The zero-order chi connectivity index (χ0) is 13.9. The second kappa shape index (κ2) is 5.48. The summed E-state index contributed by atoms with van der Waals surface area (Å²) in [6, 6.07) is 11.0. The summed E-state index contributed by atoms with van der Waals surface area (Å²) in [5.74, 6) is -0.347. The van der Waals surface area contributed by atoms with Crippen LogP contribution in [0.2, 0.25) is 0 Å². The van der Waals surface area contributed by atoms with E-state index in [2.05, 4.69) is 9.97 Å². The fraction of sp³-hybridized carbons (Fsp3) is 0.0667. The number of hydrogen-bond acceptors (Lipinski definition) is 4. The number of benzene rings is 1. The lowest BCUT2D eigenvalue weighted by Gasteiger charge is -2.00. The van der Waals surface area contributed by atoms with Crippen LogP contribution in [-0.4, -0.2) is 9.97 Å². The largest absolute Gasteiger partial charge is 0.326 e. The van der Waals surface area contributed by atoms with E-state index in [1.54, 1.807) is 6.07 Å². The Kier molecular flexibility index (Phi) is 3.54. The molecular formula is C15H12FN3S. The van der Waals surface area contributed by atoms with Gasteiger partial charge in [0.2, 0.25) is 0 Å². The van der Waals surface area contributed by atoms with Crippen molar-refractivity contribution in [1.29, 1.82) is 0 Å². The summed E-state index contributed by atoms with van der Waals surface area (Å²) in [6.45, 7) is 0.506. The molecule has 2 heterocycles. The summed E-state index contributed by atoms with van der Waals surface area (Å²) >= 11 is 1.54. The van der Waals surface area contributed by atoms with E-state index in [-0.39, 0.29) is 5.82 Å². The molecule has 2 N–H and O–H groups in total. The third kappa shape index (κ3) is 2.59. The third-order valence-electron chi connectivity index (χ3n) is 2.90. The molecule has 0 fully saturated rings. The first-order valence-corrected chi connectivity index (χ1v) is 7.01. The highest BCUT2D eigenvalue weighted by Crippen LogP contribution is 2.28. The molecule has 5 heteroatoms. The minimum atomic E-state index is -0.347. The van der Waals surface area contributed by atoms with Crippen molar-refractivity contribution in [1.82, 2.24) is 9.97 Å². The molecule has 0 spiro atoms. The summed E-state index contributed by atoms with van der Waals surface area (Å²) < 4.78 is 12.9. The number of nitrogens with two attached hydrogens (primary N) is 1. The second-order valence-corrected chi connectivity index (χ2v) is 5.16. The Hall–Kier alpha value is -2.11. The Balaban J connectivity index is 1.95. The minimum Gasteiger partial charge on any atom is -0.326 e. The monoisotopic (exact) mass is 285 g/mol. The van der Waals surface area contributed by atoms with Crippen LogP contribution < -0.4 is 5.73 Å². The molecule has 3 nitrogen and oxygen atoms in total. The maximum absolute atomic E-state index is 12.9. The molecule has 3 rings (SSSR count). The van der Waals surface area contributed by atoms with E-state index in [9.17, 15) is 4.39 Å². The highest BCUT2D eigenvalue weighted by Gasteiger charge is 2.08. The fourth-order valence-electron chi connectivity index (χ4n) is 1.88. The lowest BCUT2D eigenvalue weighted by Crippen LogP contribution is -1.95. The SMILES string of the molecule is NCc1cccc(-c2nc(-c3ccc(F)cn3)cs2)c1. The van der Waals surface area contributed by atoms with Crippen LogP contribution in [0.4, 0.5) is 4.39 Å². The smallest absolute Gasteiger partial charge is 0.141 e. The number of hydrogen-bond donors (Lipinski definition) is 1. The maximum atomic E-state index is 12.9. The highest BCUT2D eigenvalue weighted by molar-refractivity contribution is 7.13. The van der Waals surface area contributed by atoms with E-state index in [0.29, 0.717) is 12.2 Å². The Bertz CT molecular complexity index is 722. The molecule has 1 aromatic carbocycles. The number of nitrogens with zero attached hydrogens (tertiary/aromatic N) is 2. The molecule has 0 aliphatic rings. The lowest BCUT2D eigenvalue weighted by atomic mass is 10.1. The van der Waals surface area contributed by atoms with Gasteiger partial charge >= 0.3 is 0 Å². The van der Waals surface area contributed by atoms with Gasteiger partial charge in [0.1, 0.15) is 16.5 Å². The summed E-state index contributed by atoms with van der Waals surface area (Å²) in [7, 11) is 0. The van der Waals surface area contributed by atoms with Crippen LogP contribution in [0, 0.1) is 5.82 Å². The molecule has 3 aromatic rings. The summed E-state index contributed by atoms with van der Waals surface area (Å²) in [5, 5.41) is 2.83. The summed E-state index contributed by atoms with van der Waals surface area (Å²) in [5.41, 5.74) is 9.17. The number of rotatable bonds is 3. The first-order valence-electron chi connectivity index (χ1n) is 6.13. The minimum absolute atomic E-state index is 0.347. The van der Waals surface area contributed by atoms with Crippen molar-refractivity contribution >= 4 is 11.3 Å². The van der Waals surface area contributed by atoms with E-state index in [1.165, 1.54) is 23.6 Å². The average Bonchev–Trinajstić information content (AvgIpc) is 2.98. The van der Waals surface area contributed by atoms with Crippen LogP contribution in [0.3, 0.4) is 0 Å². The van der Waals surface area contributed by atoms with Crippen molar-refractivity contribution < 1.29 is 4.39 Å². The third-order valence-corrected chi connectivity index (χ3v) is 3.79. The van der Waals surface area contributed by atoms with Gasteiger partial charge in [-0.05, 0) is 23.8 Å². The first kappa shape index (κ1) is 12.9. The van der Waals surface area contributed by atoms with Crippen molar-refractivity contribution in [2.75, 3.05) is 0 Å². The Morgan fingerprint density at radius 2 is 2.05 bits per heavy atom. The fourth-order valence-corrected chi connectivity index (χ4v) is 2.69. The molecule has 0 unspecified atom stereocenters. The van der Waals surface area contributed by atoms with Gasteiger partial charge in [-0.1, -0.05) is 18.2 Å². The standard InChI is InChI=1S/C15H12FN3S/c16-12-4-5-13(18-8-12)14-9-20-15(19-14)11-3-1-2-10(6-11)7-17/h1-6,8-9H,7,17H2. The maximum Gasteiger partial charge on any atom is 0.141 e. The van der Waals surface area contributed by atoms with Gasteiger partial charge in [-0.3, -0.25) is 4.98 Å². The van der Waals surface area contributed by atoms with Gasteiger partial charge in [-0.2, -0.15) is 0 Å². The van der Waals surface area contributed by atoms with E-state index in [4.69, 9.17) is 5.73 Å². The van der Waals surface area contributed by atoms with Gasteiger partial charge in [-0.25, -0.2) is 9.37 Å². The van der Waals surface area contributed by atoms with Crippen LogP contribution in [0.1, 0.15) is 5.56 Å². The molecular weight excluding hydrogens is 273 g/mol. The van der Waals surface area contributed by atoms with E-state index in [0.717, 1.165) is 21.8 Å². The normalized spacial score (nSPS) is 10.7. The van der Waals surface area contributed by atoms with Gasteiger partial charge in [0, 0.05) is 17.5 Å².